The molecule has 2 aliphatic rings. The van der Waals surface area contributed by atoms with Crippen LogP contribution in [0.4, 0.5) is 5.69 Å². The number of likely N-dealkylation sites (tertiary alicyclic amines) is 1. The minimum Gasteiger partial charge on any atom is -0.504 e. The molecule has 0 spiro atoms. The highest BCUT2D eigenvalue weighted by atomic mass is 16.5. The Morgan fingerprint density at radius 3 is 2.76 bits per heavy atom. The number of hydrogen-bond acceptors (Lipinski definition) is 6. The topological polar surface area (TPSA) is 99.9 Å². The molecule has 1 saturated heterocycles. The maximum absolute atomic E-state index is 12.9. The van der Waals surface area contributed by atoms with Crippen LogP contribution in [0.5, 0.6) is 17.2 Å². The van der Waals surface area contributed by atoms with Gasteiger partial charge in [-0.2, -0.15) is 5.10 Å². The third-order valence-corrected chi connectivity index (χ3v) is 6.91. The first-order valence-electron chi connectivity index (χ1n) is 11.7. The SMILES string of the molecule is Cn1cc(-c2ccc3c(c2)OCC[C@H]2CN(Cc4ccc(O)c(O)c4)CC[C@H]2CC(=O)N3)cn1. The third kappa shape index (κ3) is 4.87. The molecule has 8 nitrogen and oxygen atoms in total. The molecule has 178 valence electrons. The van der Waals surface area contributed by atoms with Gasteiger partial charge in [0, 0.05) is 38.3 Å². The molecule has 2 atom stereocenters. The van der Waals surface area contributed by atoms with Crippen molar-refractivity contribution in [1.29, 1.82) is 0 Å². The monoisotopic (exact) mass is 462 g/mol. The smallest absolute Gasteiger partial charge is 0.224 e. The lowest BCUT2D eigenvalue weighted by atomic mass is 9.81. The number of nitrogens with one attached hydrogen (secondary N) is 1. The molecule has 8 heteroatoms. The number of aryl methyl sites for hydroxylation is 1. The fourth-order valence-electron chi connectivity index (χ4n) is 5.08. The van der Waals surface area contributed by atoms with Gasteiger partial charge in [-0.15, -0.1) is 0 Å². The lowest BCUT2D eigenvalue weighted by Crippen LogP contribution is -2.42. The van der Waals surface area contributed by atoms with Gasteiger partial charge in [-0.1, -0.05) is 12.1 Å². The van der Waals surface area contributed by atoms with Crippen LogP contribution in [0, 0.1) is 11.8 Å². The van der Waals surface area contributed by atoms with Gasteiger partial charge in [0.15, 0.2) is 11.5 Å². The summed E-state index contributed by atoms with van der Waals surface area (Å²) in [5.41, 5.74) is 3.66. The van der Waals surface area contributed by atoms with Gasteiger partial charge < -0.3 is 20.3 Å². The molecular formula is C26H30N4O4. The molecule has 1 fully saturated rings. The van der Waals surface area contributed by atoms with Gasteiger partial charge in [0.2, 0.25) is 5.91 Å². The first-order chi connectivity index (χ1) is 16.4. The number of rotatable bonds is 3. The van der Waals surface area contributed by atoms with Crippen LogP contribution >= 0.6 is 0 Å². The molecule has 0 saturated carbocycles. The number of hydrogen-bond donors (Lipinski definition) is 3. The molecule has 3 heterocycles. The molecule has 34 heavy (non-hydrogen) atoms. The Kier molecular flexibility index (Phi) is 6.15. The number of nitrogens with zero attached hydrogens (tertiary/aromatic N) is 3. The standard InChI is InChI=1S/C26H30N4O4/c1-29-15-21(13-27-29)18-3-4-22-25(11-18)34-9-7-20-16-30(8-6-19(20)12-26(33)28-22)14-17-2-5-23(31)24(32)10-17/h2-5,10-11,13,15,19-20,31-32H,6-9,12,14,16H2,1H3,(H,28,33)/t19-,20-/m0/s1. The second-order valence-electron chi connectivity index (χ2n) is 9.37. The van der Waals surface area contributed by atoms with E-state index in [0.717, 1.165) is 42.6 Å². The second kappa shape index (κ2) is 9.38. The van der Waals surface area contributed by atoms with Crippen LogP contribution < -0.4 is 10.1 Å². The van der Waals surface area contributed by atoms with E-state index >= 15 is 0 Å². The summed E-state index contributed by atoms with van der Waals surface area (Å²) in [5.74, 6) is 1.15. The Balaban J connectivity index is 1.30. The zero-order valence-corrected chi connectivity index (χ0v) is 19.3. The lowest BCUT2D eigenvalue weighted by molar-refractivity contribution is -0.118. The number of piperidine rings is 1. The van der Waals surface area contributed by atoms with Crippen molar-refractivity contribution in [2.45, 2.75) is 25.8 Å². The highest BCUT2D eigenvalue weighted by Crippen LogP contribution is 2.36. The van der Waals surface area contributed by atoms with Crippen molar-refractivity contribution in [3.05, 3.63) is 54.4 Å². The average Bonchev–Trinajstić information content (AvgIpc) is 3.25. The van der Waals surface area contributed by atoms with E-state index in [1.54, 1.807) is 10.7 Å². The zero-order valence-electron chi connectivity index (χ0n) is 19.3. The summed E-state index contributed by atoms with van der Waals surface area (Å²) >= 11 is 0. The Bertz CT molecular complexity index is 1190. The first-order valence-corrected chi connectivity index (χ1v) is 11.7. The number of carbonyl (C=O) groups is 1. The van der Waals surface area contributed by atoms with E-state index in [9.17, 15) is 15.0 Å². The minimum absolute atomic E-state index is 0.0211. The number of aromatic hydroxyl groups is 2. The highest BCUT2D eigenvalue weighted by molar-refractivity contribution is 5.93. The van der Waals surface area contributed by atoms with Crippen molar-refractivity contribution >= 4 is 11.6 Å². The van der Waals surface area contributed by atoms with Crippen molar-refractivity contribution < 1.29 is 19.7 Å². The summed E-state index contributed by atoms with van der Waals surface area (Å²) in [7, 11) is 1.88. The van der Waals surface area contributed by atoms with Crippen LogP contribution in [-0.2, 0) is 18.4 Å². The number of amides is 1. The van der Waals surface area contributed by atoms with Gasteiger partial charge in [0.1, 0.15) is 5.75 Å². The van der Waals surface area contributed by atoms with Crippen LogP contribution in [-0.4, -0.2) is 50.5 Å². The molecule has 3 aromatic rings. The van der Waals surface area contributed by atoms with Crippen molar-refractivity contribution in [1.82, 2.24) is 14.7 Å². The Hall–Kier alpha value is -3.52. The number of carbonyl (C=O) groups excluding carboxylic acids is 1. The van der Waals surface area contributed by atoms with Crippen molar-refractivity contribution in [2.24, 2.45) is 18.9 Å². The number of benzene rings is 2. The summed E-state index contributed by atoms with van der Waals surface area (Å²) in [6.45, 7) is 3.03. The minimum atomic E-state index is -0.107. The van der Waals surface area contributed by atoms with Crippen LogP contribution in [0.3, 0.4) is 0 Å². The van der Waals surface area contributed by atoms with Gasteiger partial charge >= 0.3 is 0 Å². The number of fused-ring (bicyclic) bond motifs is 2. The number of ether oxygens (including phenoxy) is 1. The fourth-order valence-corrected chi connectivity index (χ4v) is 5.08. The lowest BCUT2D eigenvalue weighted by Gasteiger charge is -2.39. The second-order valence-corrected chi connectivity index (χ2v) is 9.37. The fraction of sp³-hybridized carbons (Fsp3) is 0.385. The molecule has 1 amide bonds. The van der Waals surface area contributed by atoms with E-state index in [1.807, 2.05) is 43.7 Å². The quantitative estimate of drug-likeness (QED) is 0.513. The van der Waals surface area contributed by atoms with E-state index in [-0.39, 0.29) is 17.4 Å². The maximum atomic E-state index is 12.9. The van der Waals surface area contributed by atoms with Crippen molar-refractivity contribution in [3.63, 3.8) is 0 Å². The number of phenolic OH excluding ortho intramolecular Hbond substituents is 2. The number of anilines is 1. The summed E-state index contributed by atoms with van der Waals surface area (Å²) < 4.78 is 7.95. The highest BCUT2D eigenvalue weighted by Gasteiger charge is 2.31. The van der Waals surface area contributed by atoms with E-state index in [1.165, 1.54) is 6.07 Å². The molecule has 3 N–H and O–H groups in total. The van der Waals surface area contributed by atoms with Crippen LogP contribution in [0.15, 0.2) is 48.8 Å². The van der Waals surface area contributed by atoms with Gasteiger partial charge in [-0.05, 0) is 66.6 Å². The van der Waals surface area contributed by atoms with Crippen LogP contribution in [0.25, 0.3) is 11.1 Å². The Morgan fingerprint density at radius 1 is 1.09 bits per heavy atom. The Labute approximate surface area is 198 Å². The predicted octanol–water partition coefficient (Wildman–Crippen LogP) is 3.75. The molecule has 0 unspecified atom stereocenters. The van der Waals surface area contributed by atoms with E-state index in [0.29, 0.717) is 42.8 Å². The maximum Gasteiger partial charge on any atom is 0.224 e. The molecule has 1 aromatic heterocycles. The molecule has 0 radical (unpaired) electrons. The average molecular weight is 463 g/mol. The molecule has 0 aliphatic carbocycles. The van der Waals surface area contributed by atoms with E-state index in [4.69, 9.17) is 4.74 Å². The summed E-state index contributed by atoms with van der Waals surface area (Å²) in [4.78, 5) is 15.2. The number of aromatic nitrogens is 2. The normalized spacial score (nSPS) is 21.1. The summed E-state index contributed by atoms with van der Waals surface area (Å²) in [6, 6.07) is 10.8. The summed E-state index contributed by atoms with van der Waals surface area (Å²) in [5, 5.41) is 26.7. The molecule has 2 aliphatic heterocycles. The zero-order chi connectivity index (χ0) is 23.7. The largest absolute Gasteiger partial charge is 0.504 e. The van der Waals surface area contributed by atoms with Crippen molar-refractivity contribution in [2.75, 3.05) is 25.0 Å². The van der Waals surface area contributed by atoms with Gasteiger partial charge in [-0.25, -0.2) is 0 Å². The third-order valence-electron chi connectivity index (χ3n) is 6.91. The van der Waals surface area contributed by atoms with Gasteiger partial charge in [0.25, 0.3) is 0 Å². The number of phenols is 2. The van der Waals surface area contributed by atoms with Gasteiger partial charge in [0.05, 0.1) is 18.5 Å². The van der Waals surface area contributed by atoms with E-state index < -0.39 is 0 Å². The molecule has 0 bridgehead atoms. The summed E-state index contributed by atoms with van der Waals surface area (Å²) in [6.07, 6.45) is 6.08. The molecular weight excluding hydrogens is 432 g/mol. The molecule has 2 aromatic carbocycles. The van der Waals surface area contributed by atoms with E-state index in [2.05, 4.69) is 15.3 Å². The van der Waals surface area contributed by atoms with Crippen LogP contribution in [0.2, 0.25) is 0 Å². The first kappa shape index (κ1) is 22.3. The molecule has 5 rings (SSSR count). The predicted molar refractivity (Wildman–Crippen MR) is 129 cm³/mol. The van der Waals surface area contributed by atoms with Crippen molar-refractivity contribution in [3.8, 4) is 28.4 Å². The van der Waals surface area contributed by atoms with Gasteiger partial charge in [-0.3, -0.25) is 14.4 Å². The Morgan fingerprint density at radius 2 is 1.97 bits per heavy atom. The van der Waals surface area contributed by atoms with Crippen LogP contribution in [0.1, 0.15) is 24.8 Å².